The first-order valence-electron chi connectivity index (χ1n) is 5.81. The van der Waals surface area contributed by atoms with Crippen molar-refractivity contribution in [1.29, 1.82) is 0 Å². The predicted octanol–water partition coefficient (Wildman–Crippen LogP) is 3.97. The number of benzene rings is 1. The van der Waals surface area contributed by atoms with E-state index in [4.69, 9.17) is 5.73 Å². The molecule has 1 atom stereocenters. The number of halogens is 2. The molecular weight excluding hydrogens is 252 g/mol. The standard InChI is InChI=1S/C14H15F2NS/c1-9-7-11(13(16)8-12(9)15)14(17)5-4-10-3-2-6-18-10/h2-3,6-8,14H,4-5,17H2,1H3. The van der Waals surface area contributed by atoms with Gasteiger partial charge in [-0.3, -0.25) is 0 Å². The average molecular weight is 267 g/mol. The molecule has 96 valence electrons. The molecule has 0 bridgehead atoms. The predicted molar refractivity (Wildman–Crippen MR) is 70.7 cm³/mol. The smallest absolute Gasteiger partial charge is 0.130 e. The van der Waals surface area contributed by atoms with Crippen LogP contribution in [0.2, 0.25) is 0 Å². The molecule has 0 saturated carbocycles. The monoisotopic (exact) mass is 267 g/mol. The lowest BCUT2D eigenvalue weighted by Crippen LogP contribution is -2.13. The summed E-state index contributed by atoms with van der Waals surface area (Å²) in [4.78, 5) is 1.23. The minimum Gasteiger partial charge on any atom is -0.324 e. The minimum atomic E-state index is -0.559. The lowest BCUT2D eigenvalue weighted by molar-refractivity contribution is 0.540. The third kappa shape index (κ3) is 2.94. The van der Waals surface area contributed by atoms with Crippen LogP contribution in [0.1, 0.15) is 28.5 Å². The molecule has 0 amide bonds. The van der Waals surface area contributed by atoms with E-state index in [-0.39, 0.29) is 0 Å². The Bertz CT molecular complexity index is 523. The second-order valence-electron chi connectivity index (χ2n) is 4.35. The molecule has 1 nitrogen and oxygen atoms in total. The largest absolute Gasteiger partial charge is 0.324 e. The molecule has 0 radical (unpaired) electrons. The topological polar surface area (TPSA) is 26.0 Å². The number of hydrogen-bond acceptors (Lipinski definition) is 2. The van der Waals surface area contributed by atoms with Gasteiger partial charge in [-0.05, 0) is 42.8 Å². The Balaban J connectivity index is 2.09. The molecule has 1 aromatic heterocycles. The summed E-state index contributed by atoms with van der Waals surface area (Å²) >= 11 is 1.66. The number of rotatable bonds is 4. The molecule has 2 rings (SSSR count). The van der Waals surface area contributed by atoms with Gasteiger partial charge in [0.05, 0.1) is 0 Å². The van der Waals surface area contributed by atoms with Crippen molar-refractivity contribution in [2.75, 3.05) is 0 Å². The quantitative estimate of drug-likeness (QED) is 0.891. The zero-order valence-corrected chi connectivity index (χ0v) is 10.9. The van der Waals surface area contributed by atoms with Crippen molar-refractivity contribution < 1.29 is 8.78 Å². The second-order valence-corrected chi connectivity index (χ2v) is 5.38. The summed E-state index contributed by atoms with van der Waals surface area (Å²) in [6.07, 6.45) is 1.47. The van der Waals surface area contributed by atoms with Crippen molar-refractivity contribution in [1.82, 2.24) is 0 Å². The van der Waals surface area contributed by atoms with Gasteiger partial charge in [0.2, 0.25) is 0 Å². The van der Waals surface area contributed by atoms with Crippen LogP contribution in [0.15, 0.2) is 29.6 Å². The molecule has 2 N–H and O–H groups in total. The first-order valence-corrected chi connectivity index (χ1v) is 6.69. The highest BCUT2D eigenvalue weighted by Crippen LogP contribution is 2.23. The Morgan fingerprint density at radius 3 is 2.72 bits per heavy atom. The van der Waals surface area contributed by atoms with Crippen LogP contribution in [0.25, 0.3) is 0 Å². The Morgan fingerprint density at radius 1 is 1.28 bits per heavy atom. The van der Waals surface area contributed by atoms with Gasteiger partial charge < -0.3 is 5.73 Å². The Kier molecular flexibility index (Phi) is 4.09. The van der Waals surface area contributed by atoms with E-state index in [1.54, 1.807) is 18.3 Å². The van der Waals surface area contributed by atoms with Gasteiger partial charge in [-0.1, -0.05) is 6.07 Å². The van der Waals surface area contributed by atoms with E-state index in [1.807, 2.05) is 17.5 Å². The van der Waals surface area contributed by atoms with Crippen molar-refractivity contribution in [2.45, 2.75) is 25.8 Å². The van der Waals surface area contributed by atoms with Crippen LogP contribution in [0.3, 0.4) is 0 Å². The maximum atomic E-state index is 13.6. The fourth-order valence-electron chi connectivity index (χ4n) is 1.87. The first kappa shape index (κ1) is 13.2. The summed E-state index contributed by atoms with van der Waals surface area (Å²) in [5.41, 5.74) is 6.80. The van der Waals surface area contributed by atoms with Crippen LogP contribution in [-0.4, -0.2) is 0 Å². The van der Waals surface area contributed by atoms with Crippen LogP contribution in [0, 0.1) is 18.6 Å². The van der Waals surface area contributed by atoms with E-state index >= 15 is 0 Å². The van der Waals surface area contributed by atoms with Gasteiger partial charge in [0.25, 0.3) is 0 Å². The second kappa shape index (κ2) is 5.59. The number of nitrogens with two attached hydrogens (primary N) is 1. The average Bonchev–Trinajstić information content (AvgIpc) is 2.84. The summed E-state index contributed by atoms with van der Waals surface area (Å²) in [5, 5.41) is 2.00. The highest BCUT2D eigenvalue weighted by atomic mass is 32.1. The summed E-state index contributed by atoms with van der Waals surface area (Å²) in [6.45, 7) is 1.62. The normalized spacial score (nSPS) is 12.7. The van der Waals surface area contributed by atoms with Crippen molar-refractivity contribution in [3.8, 4) is 0 Å². The first-order chi connectivity index (χ1) is 8.58. The third-order valence-corrected chi connectivity index (χ3v) is 3.90. The molecule has 0 aliphatic carbocycles. The molecule has 0 spiro atoms. The molecule has 18 heavy (non-hydrogen) atoms. The van der Waals surface area contributed by atoms with Crippen LogP contribution >= 0.6 is 11.3 Å². The van der Waals surface area contributed by atoms with E-state index < -0.39 is 17.7 Å². The lowest BCUT2D eigenvalue weighted by atomic mass is 10.00. The summed E-state index contributed by atoms with van der Waals surface area (Å²) in [7, 11) is 0. The lowest BCUT2D eigenvalue weighted by Gasteiger charge is -2.13. The fourth-order valence-corrected chi connectivity index (χ4v) is 2.60. The van der Waals surface area contributed by atoms with Crippen molar-refractivity contribution in [3.63, 3.8) is 0 Å². The van der Waals surface area contributed by atoms with Gasteiger partial charge in [-0.2, -0.15) is 0 Å². The highest BCUT2D eigenvalue weighted by Gasteiger charge is 2.14. The summed E-state index contributed by atoms with van der Waals surface area (Å²) in [5.74, 6) is -1.08. The van der Waals surface area contributed by atoms with Gasteiger partial charge in [0.1, 0.15) is 11.6 Å². The zero-order valence-electron chi connectivity index (χ0n) is 10.1. The Morgan fingerprint density at radius 2 is 2.06 bits per heavy atom. The van der Waals surface area contributed by atoms with Crippen LogP contribution in [0.4, 0.5) is 8.78 Å². The Labute approximate surface area is 109 Å². The molecule has 0 saturated heterocycles. The molecule has 1 aromatic carbocycles. The van der Waals surface area contributed by atoms with Gasteiger partial charge in [0.15, 0.2) is 0 Å². The summed E-state index contributed by atoms with van der Waals surface area (Å²) < 4.78 is 26.8. The third-order valence-electron chi connectivity index (χ3n) is 2.96. The fraction of sp³-hybridized carbons (Fsp3) is 0.286. The van der Waals surface area contributed by atoms with Crippen molar-refractivity contribution in [3.05, 3.63) is 57.3 Å². The van der Waals surface area contributed by atoms with Gasteiger partial charge in [0, 0.05) is 22.5 Å². The van der Waals surface area contributed by atoms with Gasteiger partial charge in [-0.15, -0.1) is 11.3 Å². The molecule has 1 unspecified atom stereocenters. The summed E-state index contributed by atoms with van der Waals surface area (Å²) in [6, 6.07) is 6.03. The van der Waals surface area contributed by atoms with E-state index in [1.165, 1.54) is 10.9 Å². The molecule has 2 aromatic rings. The van der Waals surface area contributed by atoms with Gasteiger partial charge >= 0.3 is 0 Å². The number of aryl methyl sites for hydroxylation is 2. The van der Waals surface area contributed by atoms with Crippen molar-refractivity contribution >= 4 is 11.3 Å². The maximum Gasteiger partial charge on any atom is 0.130 e. The minimum absolute atomic E-state index is 0.394. The molecule has 0 aliphatic heterocycles. The van der Waals surface area contributed by atoms with E-state index in [0.29, 0.717) is 17.5 Å². The van der Waals surface area contributed by atoms with Crippen LogP contribution in [0.5, 0.6) is 0 Å². The maximum absolute atomic E-state index is 13.6. The molecule has 0 aliphatic rings. The molecule has 1 heterocycles. The number of thiophene rings is 1. The molecule has 0 fully saturated rings. The van der Waals surface area contributed by atoms with Crippen LogP contribution in [-0.2, 0) is 6.42 Å². The molecule has 4 heteroatoms. The molecular formula is C14H15F2NS. The SMILES string of the molecule is Cc1cc(C(N)CCc2cccs2)c(F)cc1F. The van der Waals surface area contributed by atoms with E-state index in [9.17, 15) is 8.78 Å². The Hall–Kier alpha value is -1.26. The number of hydrogen-bond donors (Lipinski definition) is 1. The van der Waals surface area contributed by atoms with Gasteiger partial charge in [-0.25, -0.2) is 8.78 Å². The van der Waals surface area contributed by atoms with Crippen molar-refractivity contribution in [2.24, 2.45) is 5.73 Å². The van der Waals surface area contributed by atoms with E-state index in [0.717, 1.165) is 12.5 Å². The highest BCUT2D eigenvalue weighted by molar-refractivity contribution is 7.09. The van der Waals surface area contributed by atoms with E-state index in [2.05, 4.69) is 0 Å². The van der Waals surface area contributed by atoms with Crippen LogP contribution < -0.4 is 5.73 Å². The zero-order chi connectivity index (χ0) is 13.1.